The van der Waals surface area contributed by atoms with Crippen LogP contribution in [0.3, 0.4) is 0 Å². The number of hydrogen-bond acceptors (Lipinski definition) is 3. The summed E-state index contributed by atoms with van der Waals surface area (Å²) in [5.41, 5.74) is 1.97. The lowest BCUT2D eigenvalue weighted by atomic mass is 9.96. The highest BCUT2D eigenvalue weighted by Gasteiger charge is 2.34. The molecule has 1 fully saturated rings. The summed E-state index contributed by atoms with van der Waals surface area (Å²) in [6, 6.07) is 5.71. The lowest BCUT2D eigenvalue weighted by molar-refractivity contribution is 0.405. The van der Waals surface area contributed by atoms with Gasteiger partial charge in [0.05, 0.1) is 10.1 Å². The summed E-state index contributed by atoms with van der Waals surface area (Å²) in [6.45, 7) is 3.90. The first kappa shape index (κ1) is 16.5. The van der Waals surface area contributed by atoms with Crippen molar-refractivity contribution in [2.24, 2.45) is 0 Å². The van der Waals surface area contributed by atoms with Crippen LogP contribution in [0, 0.1) is 13.8 Å². The van der Waals surface area contributed by atoms with E-state index < -0.39 is 9.84 Å². The summed E-state index contributed by atoms with van der Waals surface area (Å²) < 4.78 is 26.2. The van der Waals surface area contributed by atoms with Crippen molar-refractivity contribution in [3.63, 3.8) is 0 Å². The van der Waals surface area contributed by atoms with Crippen molar-refractivity contribution in [3.05, 3.63) is 29.3 Å². The molecule has 0 saturated heterocycles. The number of aryl methyl sites for hydroxylation is 2. The van der Waals surface area contributed by atoms with E-state index in [-0.39, 0.29) is 11.3 Å². The standard InChI is InChI=1S/C17H27NO2S/c1-13-10-11-16(14(2)12-13)21(19,20)17-9-7-5-4-6-8-15(17)18-3/h10-12,15,17-18H,4-9H2,1-3H3. The highest BCUT2D eigenvalue weighted by Crippen LogP contribution is 2.29. The van der Waals surface area contributed by atoms with Crippen LogP contribution >= 0.6 is 0 Å². The van der Waals surface area contributed by atoms with Crippen LogP contribution in [0.1, 0.15) is 49.7 Å². The Labute approximate surface area is 129 Å². The molecule has 3 nitrogen and oxygen atoms in total. The third-order valence-corrected chi connectivity index (χ3v) is 7.04. The largest absolute Gasteiger partial charge is 0.316 e. The molecule has 2 atom stereocenters. The fraction of sp³-hybridized carbons (Fsp3) is 0.647. The average Bonchev–Trinajstić information content (AvgIpc) is 2.37. The van der Waals surface area contributed by atoms with Gasteiger partial charge in [0.15, 0.2) is 9.84 Å². The van der Waals surface area contributed by atoms with Crippen molar-refractivity contribution in [1.82, 2.24) is 5.32 Å². The van der Waals surface area contributed by atoms with Gasteiger partial charge in [0.2, 0.25) is 0 Å². The average molecular weight is 309 g/mol. The molecule has 0 aliphatic heterocycles. The zero-order valence-corrected chi connectivity index (χ0v) is 14.2. The van der Waals surface area contributed by atoms with Crippen molar-refractivity contribution in [1.29, 1.82) is 0 Å². The molecule has 2 rings (SSSR count). The molecule has 0 spiro atoms. The van der Waals surface area contributed by atoms with E-state index >= 15 is 0 Å². The second-order valence-corrected chi connectivity index (χ2v) is 8.37. The first-order valence-electron chi connectivity index (χ1n) is 7.95. The van der Waals surface area contributed by atoms with Crippen LogP contribution in [0.5, 0.6) is 0 Å². The summed E-state index contributed by atoms with van der Waals surface area (Å²) in [6.07, 6.45) is 6.20. The molecule has 1 saturated carbocycles. The van der Waals surface area contributed by atoms with Gasteiger partial charge in [-0.05, 0) is 45.4 Å². The molecule has 0 heterocycles. The lowest BCUT2D eigenvalue weighted by Gasteiger charge is -2.29. The first-order valence-corrected chi connectivity index (χ1v) is 9.50. The highest BCUT2D eigenvalue weighted by molar-refractivity contribution is 7.92. The second-order valence-electron chi connectivity index (χ2n) is 6.24. The van der Waals surface area contributed by atoms with E-state index in [0.29, 0.717) is 4.90 Å². The third-order valence-electron chi connectivity index (χ3n) is 4.61. The molecule has 1 N–H and O–H groups in total. The Hall–Kier alpha value is -0.870. The van der Waals surface area contributed by atoms with Crippen LogP contribution in [0.4, 0.5) is 0 Å². The van der Waals surface area contributed by atoms with E-state index in [1.54, 1.807) is 6.07 Å². The fourth-order valence-electron chi connectivity index (χ4n) is 3.43. The van der Waals surface area contributed by atoms with Gasteiger partial charge in [-0.15, -0.1) is 0 Å². The maximum atomic E-state index is 13.1. The van der Waals surface area contributed by atoms with Crippen molar-refractivity contribution < 1.29 is 8.42 Å². The molecule has 0 radical (unpaired) electrons. The van der Waals surface area contributed by atoms with Crippen molar-refractivity contribution in [2.45, 2.75) is 68.6 Å². The van der Waals surface area contributed by atoms with E-state index in [4.69, 9.17) is 0 Å². The zero-order chi connectivity index (χ0) is 15.5. The maximum absolute atomic E-state index is 13.1. The molecular weight excluding hydrogens is 282 g/mol. The number of hydrogen-bond donors (Lipinski definition) is 1. The van der Waals surface area contributed by atoms with E-state index in [2.05, 4.69) is 5.32 Å². The normalized spacial score (nSPS) is 24.3. The molecule has 0 bridgehead atoms. The highest BCUT2D eigenvalue weighted by atomic mass is 32.2. The minimum Gasteiger partial charge on any atom is -0.316 e. The Bertz CT molecular complexity index is 580. The molecule has 0 amide bonds. The minimum absolute atomic E-state index is 0.0657. The van der Waals surface area contributed by atoms with Gasteiger partial charge in [-0.3, -0.25) is 0 Å². The number of rotatable bonds is 3. The summed E-state index contributed by atoms with van der Waals surface area (Å²) >= 11 is 0. The second kappa shape index (κ2) is 6.93. The zero-order valence-electron chi connectivity index (χ0n) is 13.4. The van der Waals surface area contributed by atoms with Gasteiger partial charge < -0.3 is 5.32 Å². The van der Waals surface area contributed by atoms with Gasteiger partial charge in [-0.25, -0.2) is 8.42 Å². The van der Waals surface area contributed by atoms with Gasteiger partial charge >= 0.3 is 0 Å². The quantitative estimate of drug-likeness (QED) is 0.931. The van der Waals surface area contributed by atoms with E-state index in [0.717, 1.165) is 43.2 Å². The predicted molar refractivity (Wildman–Crippen MR) is 87.4 cm³/mol. The van der Waals surface area contributed by atoms with Crippen molar-refractivity contribution in [3.8, 4) is 0 Å². The van der Waals surface area contributed by atoms with Gasteiger partial charge in [0.1, 0.15) is 0 Å². The fourth-order valence-corrected chi connectivity index (χ4v) is 5.71. The molecule has 21 heavy (non-hydrogen) atoms. The maximum Gasteiger partial charge on any atom is 0.183 e. The molecule has 0 aromatic heterocycles. The monoisotopic (exact) mass is 309 g/mol. The lowest BCUT2D eigenvalue weighted by Crippen LogP contribution is -2.43. The Kier molecular flexibility index (Phi) is 5.44. The van der Waals surface area contributed by atoms with Gasteiger partial charge in [-0.2, -0.15) is 0 Å². The molecule has 2 unspecified atom stereocenters. The molecule has 1 aromatic rings. The van der Waals surface area contributed by atoms with Crippen LogP contribution in [-0.2, 0) is 9.84 Å². The molecule has 4 heteroatoms. The van der Waals surface area contributed by atoms with Gasteiger partial charge in [-0.1, -0.05) is 43.4 Å². The summed E-state index contributed by atoms with van der Waals surface area (Å²) in [4.78, 5) is 0.513. The number of benzene rings is 1. The Morgan fingerprint density at radius 2 is 1.71 bits per heavy atom. The van der Waals surface area contributed by atoms with Crippen molar-refractivity contribution in [2.75, 3.05) is 7.05 Å². The number of sulfone groups is 1. The molecule has 118 valence electrons. The SMILES string of the molecule is CNC1CCCCCCC1S(=O)(=O)c1ccc(C)cc1C. The van der Waals surface area contributed by atoms with Crippen LogP contribution in [0.15, 0.2) is 23.1 Å². The number of nitrogens with one attached hydrogen (secondary N) is 1. The molecular formula is C17H27NO2S. The topological polar surface area (TPSA) is 46.2 Å². The smallest absolute Gasteiger partial charge is 0.183 e. The summed E-state index contributed by atoms with van der Waals surface area (Å²) in [5.74, 6) is 0. The molecule has 1 aromatic carbocycles. The van der Waals surface area contributed by atoms with Crippen molar-refractivity contribution >= 4 is 9.84 Å². The van der Waals surface area contributed by atoms with Crippen LogP contribution < -0.4 is 5.32 Å². The van der Waals surface area contributed by atoms with Crippen LogP contribution in [0.2, 0.25) is 0 Å². The Morgan fingerprint density at radius 1 is 1.05 bits per heavy atom. The molecule has 1 aliphatic rings. The minimum atomic E-state index is -3.27. The predicted octanol–water partition coefficient (Wildman–Crippen LogP) is 3.39. The summed E-state index contributed by atoms with van der Waals surface area (Å²) in [7, 11) is -1.39. The first-order chi connectivity index (χ1) is 9.96. The Morgan fingerprint density at radius 3 is 2.33 bits per heavy atom. The van der Waals surface area contributed by atoms with E-state index in [9.17, 15) is 8.42 Å². The van der Waals surface area contributed by atoms with Crippen LogP contribution in [0.25, 0.3) is 0 Å². The summed E-state index contributed by atoms with van der Waals surface area (Å²) in [5, 5.41) is 2.95. The third kappa shape index (κ3) is 3.67. The van der Waals surface area contributed by atoms with Gasteiger partial charge in [0.25, 0.3) is 0 Å². The Balaban J connectivity index is 2.38. The van der Waals surface area contributed by atoms with E-state index in [1.165, 1.54) is 6.42 Å². The van der Waals surface area contributed by atoms with Crippen LogP contribution in [-0.4, -0.2) is 26.8 Å². The van der Waals surface area contributed by atoms with E-state index in [1.807, 2.05) is 33.0 Å². The molecule has 1 aliphatic carbocycles. The van der Waals surface area contributed by atoms with Gasteiger partial charge in [0, 0.05) is 6.04 Å².